The predicted molar refractivity (Wildman–Crippen MR) is 124 cm³/mol. The Morgan fingerprint density at radius 1 is 0.679 bits per heavy atom. The second kappa shape index (κ2) is 7.99. The number of fused-ring (bicyclic) bond motifs is 2. The molecule has 0 saturated carbocycles. The number of hydrogen-bond donors (Lipinski definition) is 0. The largest absolute Gasteiger partial charge is 0.497 e. The van der Waals surface area contributed by atoms with E-state index in [4.69, 9.17) is 4.74 Å². The van der Waals surface area contributed by atoms with Crippen LogP contribution in [0.2, 0.25) is 0 Å². The SMILES string of the molecule is COc1ccc(C(C=C2Sc3ccccc3S2)=C2Sc3ccccc3S2)cc1. The Bertz CT molecular complexity index is 1050. The average Bonchev–Trinajstić information content (AvgIpc) is 3.35. The van der Waals surface area contributed by atoms with Crippen LogP contribution < -0.4 is 4.74 Å². The van der Waals surface area contributed by atoms with Gasteiger partial charge < -0.3 is 4.74 Å². The number of ether oxygens (including phenoxy) is 1. The molecule has 2 aliphatic heterocycles. The topological polar surface area (TPSA) is 9.23 Å². The fourth-order valence-electron chi connectivity index (χ4n) is 3.01. The van der Waals surface area contributed by atoms with Gasteiger partial charge in [-0.1, -0.05) is 83.4 Å². The minimum atomic E-state index is 0.882. The molecule has 0 saturated heterocycles. The second-order valence-corrected chi connectivity index (χ2v) is 11.0. The molecule has 0 amide bonds. The molecule has 2 heterocycles. The molecule has 3 aromatic rings. The van der Waals surface area contributed by atoms with Gasteiger partial charge in [0.1, 0.15) is 5.75 Å². The van der Waals surface area contributed by atoms with Gasteiger partial charge in [0.25, 0.3) is 0 Å². The molecule has 0 spiro atoms. The molecule has 0 radical (unpaired) electrons. The van der Waals surface area contributed by atoms with E-state index in [-0.39, 0.29) is 0 Å². The van der Waals surface area contributed by atoms with Gasteiger partial charge in [-0.15, -0.1) is 0 Å². The van der Waals surface area contributed by atoms with Gasteiger partial charge in [-0.2, -0.15) is 0 Å². The van der Waals surface area contributed by atoms with Crippen molar-refractivity contribution in [3.8, 4) is 5.75 Å². The zero-order chi connectivity index (χ0) is 18.9. The van der Waals surface area contributed by atoms with Crippen LogP contribution >= 0.6 is 47.0 Å². The van der Waals surface area contributed by atoms with Crippen molar-refractivity contribution in [1.82, 2.24) is 0 Å². The number of thioether (sulfide) groups is 4. The molecule has 0 aromatic heterocycles. The van der Waals surface area contributed by atoms with Crippen molar-refractivity contribution in [1.29, 1.82) is 0 Å². The Labute approximate surface area is 182 Å². The standard InChI is InChI=1S/C23H16OS4/c1-24-16-12-10-15(11-13-16)17(23-27-20-8-4-5-9-21(20)28-23)14-22-25-18-6-2-3-7-19(18)26-22/h2-14H,1H3. The Morgan fingerprint density at radius 2 is 1.18 bits per heavy atom. The first kappa shape index (κ1) is 18.4. The summed E-state index contributed by atoms with van der Waals surface area (Å²) in [5, 5.41) is 0. The highest BCUT2D eigenvalue weighted by atomic mass is 32.2. The van der Waals surface area contributed by atoms with Crippen LogP contribution in [0.15, 0.2) is 107 Å². The predicted octanol–water partition coefficient (Wildman–Crippen LogP) is 8.00. The third-order valence-electron chi connectivity index (χ3n) is 4.41. The van der Waals surface area contributed by atoms with Crippen LogP contribution in [0.1, 0.15) is 5.56 Å². The number of benzene rings is 3. The molecule has 5 heteroatoms. The molecular formula is C23H16OS4. The lowest BCUT2D eigenvalue weighted by molar-refractivity contribution is 0.415. The first-order chi connectivity index (χ1) is 13.8. The Morgan fingerprint density at radius 3 is 1.68 bits per heavy atom. The van der Waals surface area contributed by atoms with Crippen LogP contribution in [-0.4, -0.2) is 7.11 Å². The van der Waals surface area contributed by atoms with E-state index in [1.807, 2.05) is 59.2 Å². The maximum atomic E-state index is 5.35. The van der Waals surface area contributed by atoms with Crippen LogP contribution in [0.5, 0.6) is 5.75 Å². The lowest BCUT2D eigenvalue weighted by Crippen LogP contribution is -1.86. The van der Waals surface area contributed by atoms with Crippen LogP contribution in [0.25, 0.3) is 5.57 Å². The van der Waals surface area contributed by atoms with E-state index < -0.39 is 0 Å². The van der Waals surface area contributed by atoms with Crippen molar-refractivity contribution in [3.05, 3.63) is 92.9 Å². The lowest BCUT2D eigenvalue weighted by atomic mass is 10.1. The molecule has 0 N–H and O–H groups in total. The number of methoxy groups -OCH3 is 1. The van der Waals surface area contributed by atoms with E-state index in [0.29, 0.717) is 0 Å². The number of rotatable bonds is 3. The van der Waals surface area contributed by atoms with Gasteiger partial charge in [0.2, 0.25) is 0 Å². The summed E-state index contributed by atoms with van der Waals surface area (Å²) in [7, 11) is 1.71. The van der Waals surface area contributed by atoms with E-state index in [2.05, 4.69) is 66.7 Å². The van der Waals surface area contributed by atoms with Gasteiger partial charge in [-0.25, -0.2) is 0 Å². The van der Waals surface area contributed by atoms with Crippen molar-refractivity contribution in [2.45, 2.75) is 19.6 Å². The van der Waals surface area contributed by atoms with Crippen LogP contribution in [0, 0.1) is 0 Å². The van der Waals surface area contributed by atoms with Crippen LogP contribution in [-0.2, 0) is 0 Å². The normalized spacial score (nSPS) is 14.6. The van der Waals surface area contributed by atoms with Gasteiger partial charge in [0.05, 0.1) is 15.6 Å². The smallest absolute Gasteiger partial charge is 0.118 e. The molecule has 0 bridgehead atoms. The van der Waals surface area contributed by atoms with E-state index >= 15 is 0 Å². The molecule has 3 aromatic carbocycles. The highest BCUT2D eigenvalue weighted by molar-refractivity contribution is 8.25. The van der Waals surface area contributed by atoms with Crippen molar-refractivity contribution >= 4 is 52.6 Å². The summed E-state index contributed by atoms with van der Waals surface area (Å²) >= 11 is 7.44. The lowest BCUT2D eigenvalue weighted by Gasteiger charge is -2.09. The van der Waals surface area contributed by atoms with Crippen molar-refractivity contribution < 1.29 is 4.74 Å². The van der Waals surface area contributed by atoms with Gasteiger partial charge in [0.15, 0.2) is 0 Å². The third kappa shape index (κ3) is 3.64. The first-order valence-electron chi connectivity index (χ1n) is 8.80. The second-order valence-electron chi connectivity index (χ2n) is 6.19. The summed E-state index contributed by atoms with van der Waals surface area (Å²) in [5.41, 5.74) is 2.49. The molecule has 0 fully saturated rings. The molecule has 1 nitrogen and oxygen atoms in total. The molecule has 5 rings (SSSR count). The van der Waals surface area contributed by atoms with Crippen LogP contribution in [0.4, 0.5) is 0 Å². The molecule has 0 unspecified atom stereocenters. The minimum absolute atomic E-state index is 0.882. The van der Waals surface area contributed by atoms with Crippen molar-refractivity contribution in [2.24, 2.45) is 0 Å². The molecule has 0 aliphatic carbocycles. The maximum absolute atomic E-state index is 5.35. The van der Waals surface area contributed by atoms with E-state index in [9.17, 15) is 0 Å². The number of allylic oxidation sites excluding steroid dienone is 2. The third-order valence-corrected chi connectivity index (χ3v) is 9.42. The molecule has 138 valence electrons. The summed E-state index contributed by atoms with van der Waals surface area (Å²) in [5.74, 6) is 0.882. The summed E-state index contributed by atoms with van der Waals surface area (Å²) in [6.45, 7) is 0. The van der Waals surface area contributed by atoms with Gasteiger partial charge in [0, 0.05) is 25.2 Å². The van der Waals surface area contributed by atoms with Crippen molar-refractivity contribution in [3.63, 3.8) is 0 Å². The van der Waals surface area contributed by atoms with E-state index in [1.54, 1.807) is 7.11 Å². The molecular weight excluding hydrogens is 421 g/mol. The zero-order valence-electron chi connectivity index (χ0n) is 15.0. The van der Waals surface area contributed by atoms with Gasteiger partial charge in [-0.05, 0) is 48.0 Å². The fraction of sp³-hybridized carbons (Fsp3) is 0.0435. The monoisotopic (exact) mass is 436 g/mol. The first-order valence-corrected chi connectivity index (χ1v) is 12.1. The highest BCUT2D eigenvalue weighted by Crippen LogP contribution is 2.56. The summed E-state index contributed by atoms with van der Waals surface area (Å²) in [6.07, 6.45) is 2.35. The van der Waals surface area contributed by atoms with E-state index in [0.717, 1.165) is 5.75 Å². The Hall–Kier alpha value is -1.66. The Balaban J connectivity index is 1.56. The molecule has 2 aliphatic rings. The molecule has 0 atom stereocenters. The summed E-state index contributed by atoms with van der Waals surface area (Å²) < 4.78 is 8.00. The average molecular weight is 437 g/mol. The van der Waals surface area contributed by atoms with Crippen molar-refractivity contribution in [2.75, 3.05) is 7.11 Å². The Kier molecular flexibility index (Phi) is 5.24. The highest BCUT2D eigenvalue weighted by Gasteiger charge is 2.23. The zero-order valence-corrected chi connectivity index (χ0v) is 18.3. The van der Waals surface area contributed by atoms with Crippen LogP contribution in [0.3, 0.4) is 0 Å². The fourth-order valence-corrected chi connectivity index (χ4v) is 7.94. The van der Waals surface area contributed by atoms with Gasteiger partial charge in [-0.3, -0.25) is 0 Å². The minimum Gasteiger partial charge on any atom is -0.497 e. The maximum Gasteiger partial charge on any atom is 0.118 e. The summed E-state index contributed by atoms with van der Waals surface area (Å²) in [6, 6.07) is 25.6. The van der Waals surface area contributed by atoms with Gasteiger partial charge >= 0.3 is 0 Å². The number of hydrogen-bond acceptors (Lipinski definition) is 5. The quantitative estimate of drug-likeness (QED) is 0.410. The molecule has 28 heavy (non-hydrogen) atoms. The summed E-state index contributed by atoms with van der Waals surface area (Å²) in [4.78, 5) is 5.35. The van der Waals surface area contributed by atoms with E-state index in [1.165, 1.54) is 39.2 Å².